The molecule has 1 aromatic rings. The molecule has 86 valence electrons. The second-order valence-corrected chi connectivity index (χ2v) is 4.56. The van der Waals surface area contributed by atoms with Gasteiger partial charge in [0.25, 0.3) is 0 Å². The lowest BCUT2D eigenvalue weighted by molar-refractivity contribution is -0.121. The summed E-state index contributed by atoms with van der Waals surface area (Å²) in [7, 11) is 1.61. The number of carbonyl (C=O) groups excluding carboxylic acids is 1. The predicted octanol–water partition coefficient (Wildman–Crippen LogP) is 3.58. The van der Waals surface area contributed by atoms with E-state index in [9.17, 15) is 4.79 Å². The van der Waals surface area contributed by atoms with Gasteiger partial charge in [-0.15, -0.1) is 0 Å². The van der Waals surface area contributed by atoms with E-state index in [1.807, 2.05) is 12.1 Å². The maximum Gasteiger partial charge on any atom is 0.140 e. The first kappa shape index (κ1) is 11.5. The number of Topliss-reactive ketones (excluding diaryl/α,β-unsaturated/α-hetero) is 1. The zero-order chi connectivity index (χ0) is 11.5. The van der Waals surface area contributed by atoms with Crippen LogP contribution < -0.4 is 4.74 Å². The predicted molar refractivity (Wildman–Crippen MR) is 64.2 cm³/mol. The van der Waals surface area contributed by atoms with Crippen LogP contribution in [0.1, 0.15) is 37.2 Å². The molecular weight excluding hydrogens is 224 g/mol. The van der Waals surface area contributed by atoms with E-state index in [2.05, 4.69) is 0 Å². The van der Waals surface area contributed by atoms with Crippen LogP contribution in [0.2, 0.25) is 5.02 Å². The average molecular weight is 239 g/mol. The molecule has 0 heterocycles. The van der Waals surface area contributed by atoms with Gasteiger partial charge in [-0.1, -0.05) is 24.1 Å². The third kappa shape index (κ3) is 2.22. The van der Waals surface area contributed by atoms with Gasteiger partial charge in [0.15, 0.2) is 0 Å². The summed E-state index contributed by atoms with van der Waals surface area (Å²) in [5.74, 6) is 1.04. The summed E-state index contributed by atoms with van der Waals surface area (Å²) in [6, 6.07) is 5.55. The Morgan fingerprint density at radius 3 is 2.81 bits per heavy atom. The molecular formula is C13H15ClO2. The van der Waals surface area contributed by atoms with Crippen LogP contribution in [0.25, 0.3) is 0 Å². The highest BCUT2D eigenvalue weighted by molar-refractivity contribution is 6.31. The number of hydrogen-bond acceptors (Lipinski definition) is 2. The molecule has 0 amide bonds. The largest absolute Gasteiger partial charge is 0.497 e. The summed E-state index contributed by atoms with van der Waals surface area (Å²) in [6.45, 7) is 0. The highest BCUT2D eigenvalue weighted by Gasteiger charge is 2.25. The van der Waals surface area contributed by atoms with Gasteiger partial charge in [0, 0.05) is 17.4 Å². The molecule has 0 N–H and O–H groups in total. The summed E-state index contributed by atoms with van der Waals surface area (Å²) in [4.78, 5) is 11.8. The normalized spacial score (nSPS) is 20.9. The molecule has 1 saturated carbocycles. The third-order valence-corrected chi connectivity index (χ3v) is 3.46. The van der Waals surface area contributed by atoms with Crippen molar-refractivity contribution in [1.82, 2.24) is 0 Å². The van der Waals surface area contributed by atoms with E-state index in [1.165, 1.54) is 0 Å². The lowest BCUT2D eigenvalue weighted by Crippen LogP contribution is -2.17. The summed E-state index contributed by atoms with van der Waals surface area (Å²) in [5, 5.41) is 0.639. The van der Waals surface area contributed by atoms with Crippen LogP contribution in [-0.4, -0.2) is 12.9 Å². The van der Waals surface area contributed by atoms with Gasteiger partial charge in [-0.2, -0.15) is 0 Å². The first-order valence-corrected chi connectivity index (χ1v) is 5.96. The number of halogens is 1. The van der Waals surface area contributed by atoms with E-state index in [1.54, 1.807) is 13.2 Å². The summed E-state index contributed by atoms with van der Waals surface area (Å²) < 4.78 is 5.09. The number of ether oxygens (including phenoxy) is 1. The number of carbonyl (C=O) groups is 1. The van der Waals surface area contributed by atoms with Crippen molar-refractivity contribution >= 4 is 17.4 Å². The monoisotopic (exact) mass is 238 g/mol. The molecule has 1 aromatic carbocycles. The van der Waals surface area contributed by atoms with Gasteiger partial charge in [0.1, 0.15) is 11.5 Å². The Kier molecular flexibility index (Phi) is 3.49. The van der Waals surface area contributed by atoms with Crippen molar-refractivity contribution < 1.29 is 9.53 Å². The fourth-order valence-electron chi connectivity index (χ4n) is 2.23. The fourth-order valence-corrected chi connectivity index (χ4v) is 2.53. The van der Waals surface area contributed by atoms with Gasteiger partial charge in [-0.3, -0.25) is 4.79 Å². The van der Waals surface area contributed by atoms with Crippen LogP contribution in [0.15, 0.2) is 18.2 Å². The van der Waals surface area contributed by atoms with Crippen LogP contribution in [0.3, 0.4) is 0 Å². The van der Waals surface area contributed by atoms with Crippen molar-refractivity contribution in [3.63, 3.8) is 0 Å². The van der Waals surface area contributed by atoms with Crippen molar-refractivity contribution in [2.75, 3.05) is 7.11 Å². The molecule has 1 aliphatic carbocycles. The van der Waals surface area contributed by atoms with Gasteiger partial charge < -0.3 is 4.74 Å². The minimum atomic E-state index is -0.00726. The Morgan fingerprint density at radius 2 is 2.19 bits per heavy atom. The number of methoxy groups -OCH3 is 1. The summed E-state index contributed by atoms with van der Waals surface area (Å²) in [6.07, 6.45) is 3.74. The molecule has 0 radical (unpaired) electrons. The van der Waals surface area contributed by atoms with Gasteiger partial charge in [0.2, 0.25) is 0 Å². The Hall–Kier alpha value is -1.02. The van der Waals surface area contributed by atoms with Gasteiger partial charge in [0.05, 0.1) is 7.11 Å². The van der Waals surface area contributed by atoms with Crippen LogP contribution in [0.4, 0.5) is 0 Å². The van der Waals surface area contributed by atoms with E-state index >= 15 is 0 Å². The average Bonchev–Trinajstić information content (AvgIpc) is 2.30. The number of ketones is 1. The Bertz CT molecular complexity index is 401. The van der Waals surface area contributed by atoms with Crippen molar-refractivity contribution in [3.8, 4) is 5.75 Å². The van der Waals surface area contributed by atoms with E-state index in [0.29, 0.717) is 17.2 Å². The molecule has 0 saturated heterocycles. The van der Waals surface area contributed by atoms with Gasteiger partial charge in [-0.05, 0) is 30.5 Å². The van der Waals surface area contributed by atoms with Gasteiger partial charge in [-0.25, -0.2) is 0 Å². The molecule has 0 bridgehead atoms. The smallest absolute Gasteiger partial charge is 0.140 e. The summed E-state index contributed by atoms with van der Waals surface area (Å²) >= 11 is 6.17. The minimum absolute atomic E-state index is 0.00726. The molecule has 0 aromatic heterocycles. The van der Waals surface area contributed by atoms with E-state index in [-0.39, 0.29) is 5.92 Å². The maximum atomic E-state index is 11.8. The molecule has 1 fully saturated rings. The van der Waals surface area contributed by atoms with Crippen molar-refractivity contribution in [3.05, 3.63) is 28.8 Å². The molecule has 1 aliphatic rings. The lowest BCUT2D eigenvalue weighted by atomic mass is 9.83. The topological polar surface area (TPSA) is 26.3 Å². The maximum absolute atomic E-state index is 11.8. The standard InChI is InChI=1S/C13H15ClO2/c1-16-9-6-7-10(12(14)8-9)11-4-2-3-5-13(11)15/h6-8,11H,2-5H2,1H3. The van der Waals surface area contributed by atoms with E-state index in [4.69, 9.17) is 16.3 Å². The first-order chi connectivity index (χ1) is 7.72. The Balaban J connectivity index is 2.28. The number of rotatable bonds is 2. The SMILES string of the molecule is COc1ccc(C2CCCCC2=O)c(Cl)c1. The molecule has 16 heavy (non-hydrogen) atoms. The highest BCUT2D eigenvalue weighted by atomic mass is 35.5. The lowest BCUT2D eigenvalue weighted by Gasteiger charge is -2.21. The quantitative estimate of drug-likeness (QED) is 0.787. The van der Waals surface area contributed by atoms with E-state index < -0.39 is 0 Å². The summed E-state index contributed by atoms with van der Waals surface area (Å²) in [5.41, 5.74) is 0.951. The fraction of sp³-hybridized carbons (Fsp3) is 0.462. The molecule has 0 spiro atoms. The van der Waals surface area contributed by atoms with Crippen LogP contribution in [0, 0.1) is 0 Å². The van der Waals surface area contributed by atoms with Crippen molar-refractivity contribution in [1.29, 1.82) is 0 Å². The molecule has 2 rings (SSSR count). The van der Waals surface area contributed by atoms with Gasteiger partial charge >= 0.3 is 0 Å². The Labute approximate surface area is 101 Å². The van der Waals surface area contributed by atoms with Crippen molar-refractivity contribution in [2.45, 2.75) is 31.6 Å². The minimum Gasteiger partial charge on any atom is -0.497 e. The highest BCUT2D eigenvalue weighted by Crippen LogP contribution is 2.35. The number of hydrogen-bond donors (Lipinski definition) is 0. The second-order valence-electron chi connectivity index (χ2n) is 4.15. The Morgan fingerprint density at radius 1 is 1.38 bits per heavy atom. The van der Waals surface area contributed by atoms with Crippen LogP contribution in [-0.2, 0) is 4.79 Å². The number of benzene rings is 1. The molecule has 1 unspecified atom stereocenters. The van der Waals surface area contributed by atoms with E-state index in [0.717, 1.165) is 30.6 Å². The second kappa shape index (κ2) is 4.88. The molecule has 1 atom stereocenters. The van der Waals surface area contributed by atoms with Crippen molar-refractivity contribution in [2.24, 2.45) is 0 Å². The molecule has 2 nitrogen and oxygen atoms in total. The van der Waals surface area contributed by atoms with Crippen LogP contribution >= 0.6 is 11.6 Å². The third-order valence-electron chi connectivity index (χ3n) is 3.14. The zero-order valence-electron chi connectivity index (χ0n) is 9.33. The van der Waals surface area contributed by atoms with Crippen LogP contribution in [0.5, 0.6) is 5.75 Å². The molecule has 0 aliphatic heterocycles. The first-order valence-electron chi connectivity index (χ1n) is 5.58. The molecule has 3 heteroatoms. The zero-order valence-corrected chi connectivity index (χ0v) is 10.1.